The number of benzene rings is 1. The normalized spacial score (nSPS) is 14.0. The van der Waals surface area contributed by atoms with Crippen LogP contribution in [0.25, 0.3) is 0 Å². The van der Waals surface area contributed by atoms with Crippen LogP contribution in [-0.4, -0.2) is 12.5 Å². The van der Waals surface area contributed by atoms with E-state index in [-0.39, 0.29) is 24.7 Å². The van der Waals surface area contributed by atoms with Crippen LogP contribution in [-0.2, 0) is 11.2 Å². The second-order valence-corrected chi connectivity index (χ2v) is 3.11. The zero-order valence-electron chi connectivity index (χ0n) is 7.46. The molecule has 0 atom stereocenters. The first-order chi connectivity index (χ1) is 6.74. The fourth-order valence-electron chi connectivity index (χ4n) is 1.65. The van der Waals surface area contributed by atoms with E-state index >= 15 is 0 Å². The zero-order valence-corrected chi connectivity index (χ0v) is 7.46. The molecule has 0 saturated heterocycles. The second-order valence-electron chi connectivity index (χ2n) is 3.11. The van der Waals surface area contributed by atoms with Crippen molar-refractivity contribution in [1.29, 1.82) is 0 Å². The van der Waals surface area contributed by atoms with E-state index < -0.39 is 0 Å². The third-order valence-corrected chi connectivity index (χ3v) is 2.23. The summed E-state index contributed by atoms with van der Waals surface area (Å²) in [6.07, 6.45) is 5.36. The number of amides is 1. The Kier molecular flexibility index (Phi) is 1.97. The smallest absolute Gasteiger partial charge is 0.232 e. The summed E-state index contributed by atoms with van der Waals surface area (Å²) in [7, 11) is 0. The first-order valence-corrected chi connectivity index (χ1v) is 4.25. The van der Waals surface area contributed by atoms with Crippen molar-refractivity contribution in [3.05, 3.63) is 29.6 Å². The SMILES string of the molecule is C#CCN1C(=O)Cc2cccc(F)c21. The van der Waals surface area contributed by atoms with Gasteiger partial charge < -0.3 is 0 Å². The van der Waals surface area contributed by atoms with Gasteiger partial charge in [0.2, 0.25) is 5.91 Å². The predicted octanol–water partition coefficient (Wildman–Crippen LogP) is 1.35. The summed E-state index contributed by atoms with van der Waals surface area (Å²) in [5, 5.41) is 0. The molecule has 0 saturated carbocycles. The molecule has 1 aliphatic rings. The Bertz CT molecular complexity index is 433. The largest absolute Gasteiger partial charge is 0.297 e. The molecular weight excluding hydrogens is 181 g/mol. The van der Waals surface area contributed by atoms with Gasteiger partial charge in [-0.25, -0.2) is 4.39 Å². The highest BCUT2D eigenvalue weighted by molar-refractivity contribution is 6.01. The van der Waals surface area contributed by atoms with Crippen molar-refractivity contribution in [2.45, 2.75) is 6.42 Å². The molecule has 0 unspecified atom stereocenters. The van der Waals surface area contributed by atoms with Crippen LogP contribution in [0.1, 0.15) is 5.56 Å². The molecule has 1 aliphatic heterocycles. The lowest BCUT2D eigenvalue weighted by Gasteiger charge is -2.14. The minimum absolute atomic E-state index is 0.132. The van der Waals surface area contributed by atoms with Crippen molar-refractivity contribution in [2.75, 3.05) is 11.4 Å². The number of hydrogen-bond acceptors (Lipinski definition) is 1. The Labute approximate surface area is 81.3 Å². The molecule has 0 fully saturated rings. The van der Waals surface area contributed by atoms with E-state index in [2.05, 4.69) is 5.92 Å². The molecule has 70 valence electrons. The van der Waals surface area contributed by atoms with Gasteiger partial charge in [-0.15, -0.1) is 6.42 Å². The molecule has 0 aliphatic carbocycles. The van der Waals surface area contributed by atoms with E-state index in [1.807, 2.05) is 0 Å². The molecule has 1 heterocycles. The van der Waals surface area contributed by atoms with E-state index in [1.54, 1.807) is 12.1 Å². The molecule has 3 heteroatoms. The number of anilines is 1. The van der Waals surface area contributed by atoms with Crippen LogP contribution in [0.15, 0.2) is 18.2 Å². The molecule has 1 aromatic carbocycles. The van der Waals surface area contributed by atoms with E-state index in [0.29, 0.717) is 11.3 Å². The van der Waals surface area contributed by atoms with Gasteiger partial charge in [-0.2, -0.15) is 0 Å². The maximum absolute atomic E-state index is 13.4. The molecule has 0 bridgehead atoms. The summed E-state index contributed by atoms with van der Waals surface area (Å²) in [5.74, 6) is 1.82. The number of nitrogens with zero attached hydrogens (tertiary/aromatic N) is 1. The standard InChI is InChI=1S/C11H8FNO/c1-2-6-13-10(14)7-8-4-3-5-9(12)11(8)13/h1,3-5H,6-7H2. The molecule has 1 amide bonds. The van der Waals surface area contributed by atoms with Crippen molar-refractivity contribution >= 4 is 11.6 Å². The summed E-state index contributed by atoms with van der Waals surface area (Å²) >= 11 is 0. The Balaban J connectivity index is 2.51. The molecule has 0 aromatic heterocycles. The van der Waals surface area contributed by atoms with Gasteiger partial charge in [0, 0.05) is 0 Å². The quantitative estimate of drug-likeness (QED) is 0.610. The Morgan fingerprint density at radius 3 is 3.07 bits per heavy atom. The minimum Gasteiger partial charge on any atom is -0.297 e. The first-order valence-electron chi connectivity index (χ1n) is 4.25. The van der Waals surface area contributed by atoms with Crippen molar-refractivity contribution in [3.63, 3.8) is 0 Å². The van der Waals surface area contributed by atoms with E-state index in [0.717, 1.165) is 0 Å². The summed E-state index contributed by atoms with van der Waals surface area (Å²) in [6.45, 7) is 0.132. The van der Waals surface area contributed by atoms with Gasteiger partial charge in [0.25, 0.3) is 0 Å². The van der Waals surface area contributed by atoms with Crippen LogP contribution in [0.5, 0.6) is 0 Å². The highest BCUT2D eigenvalue weighted by atomic mass is 19.1. The molecule has 2 rings (SSSR count). The van der Waals surface area contributed by atoms with E-state index in [4.69, 9.17) is 6.42 Å². The summed E-state index contributed by atoms with van der Waals surface area (Å²) in [6, 6.07) is 4.68. The number of rotatable bonds is 1. The maximum Gasteiger partial charge on any atom is 0.232 e. The molecule has 14 heavy (non-hydrogen) atoms. The lowest BCUT2D eigenvalue weighted by Crippen LogP contribution is -2.27. The molecule has 1 aromatic rings. The highest BCUT2D eigenvalue weighted by Crippen LogP contribution is 2.30. The number of halogens is 1. The maximum atomic E-state index is 13.4. The highest BCUT2D eigenvalue weighted by Gasteiger charge is 2.28. The lowest BCUT2D eigenvalue weighted by atomic mass is 10.1. The fraction of sp³-hybridized carbons (Fsp3) is 0.182. The van der Waals surface area contributed by atoms with Crippen LogP contribution in [0.2, 0.25) is 0 Å². The van der Waals surface area contributed by atoms with E-state index in [1.165, 1.54) is 11.0 Å². The Morgan fingerprint density at radius 1 is 1.57 bits per heavy atom. The number of para-hydroxylation sites is 1. The summed E-state index contributed by atoms with van der Waals surface area (Å²) in [4.78, 5) is 12.7. The number of hydrogen-bond donors (Lipinski definition) is 0. The Hall–Kier alpha value is -1.82. The number of carbonyl (C=O) groups is 1. The van der Waals surface area contributed by atoms with Crippen LogP contribution < -0.4 is 4.90 Å². The van der Waals surface area contributed by atoms with Gasteiger partial charge in [-0.1, -0.05) is 18.1 Å². The minimum atomic E-state index is -0.386. The van der Waals surface area contributed by atoms with Crippen LogP contribution >= 0.6 is 0 Å². The molecule has 2 nitrogen and oxygen atoms in total. The van der Waals surface area contributed by atoms with Crippen molar-refractivity contribution in [1.82, 2.24) is 0 Å². The lowest BCUT2D eigenvalue weighted by molar-refractivity contribution is -0.117. The average molecular weight is 189 g/mol. The third kappa shape index (κ3) is 1.16. The number of fused-ring (bicyclic) bond motifs is 1. The number of terminal acetylenes is 1. The molecule has 0 N–H and O–H groups in total. The summed E-state index contributed by atoms with van der Waals surface area (Å²) in [5.41, 5.74) is 1.06. The zero-order chi connectivity index (χ0) is 10.1. The van der Waals surface area contributed by atoms with Gasteiger partial charge in [-0.05, 0) is 11.6 Å². The molecule has 0 spiro atoms. The third-order valence-electron chi connectivity index (χ3n) is 2.23. The fourth-order valence-corrected chi connectivity index (χ4v) is 1.65. The van der Waals surface area contributed by atoms with E-state index in [9.17, 15) is 9.18 Å². The summed E-state index contributed by atoms with van der Waals surface area (Å²) < 4.78 is 13.4. The monoisotopic (exact) mass is 189 g/mol. The van der Waals surface area contributed by atoms with Gasteiger partial charge in [-0.3, -0.25) is 9.69 Å². The molecular formula is C11H8FNO. The van der Waals surface area contributed by atoms with Gasteiger partial charge in [0.1, 0.15) is 5.82 Å². The van der Waals surface area contributed by atoms with Crippen LogP contribution in [0.3, 0.4) is 0 Å². The van der Waals surface area contributed by atoms with Crippen molar-refractivity contribution in [2.24, 2.45) is 0 Å². The van der Waals surface area contributed by atoms with Gasteiger partial charge in [0.15, 0.2) is 0 Å². The van der Waals surface area contributed by atoms with Crippen molar-refractivity contribution < 1.29 is 9.18 Å². The molecule has 0 radical (unpaired) electrons. The topological polar surface area (TPSA) is 20.3 Å². The van der Waals surface area contributed by atoms with Gasteiger partial charge >= 0.3 is 0 Å². The predicted molar refractivity (Wildman–Crippen MR) is 51.3 cm³/mol. The van der Waals surface area contributed by atoms with Crippen molar-refractivity contribution in [3.8, 4) is 12.3 Å². The number of carbonyl (C=O) groups excluding carboxylic acids is 1. The second kappa shape index (κ2) is 3.15. The van der Waals surface area contributed by atoms with Crippen LogP contribution in [0, 0.1) is 18.2 Å². The van der Waals surface area contributed by atoms with Gasteiger partial charge in [0.05, 0.1) is 18.7 Å². The Morgan fingerprint density at radius 2 is 2.36 bits per heavy atom. The average Bonchev–Trinajstić information content (AvgIpc) is 2.45. The first kappa shape index (κ1) is 8.76. The van der Waals surface area contributed by atoms with Crippen LogP contribution in [0.4, 0.5) is 10.1 Å².